The van der Waals surface area contributed by atoms with Gasteiger partial charge in [0.25, 0.3) is 0 Å². The molecule has 0 aliphatic carbocycles. The Kier molecular flexibility index (Phi) is 4.84. The normalized spacial score (nSPS) is 16.3. The number of fused-ring (bicyclic) bond motifs is 1. The van der Waals surface area contributed by atoms with Gasteiger partial charge in [-0.25, -0.2) is 13.9 Å². The predicted molar refractivity (Wildman–Crippen MR) is 98.9 cm³/mol. The van der Waals surface area contributed by atoms with E-state index in [4.69, 9.17) is 0 Å². The van der Waals surface area contributed by atoms with E-state index in [1.807, 2.05) is 30.3 Å². The number of nitrogens with zero attached hydrogens (tertiary/aromatic N) is 4. The molecule has 2 aromatic heterocycles. The lowest BCUT2D eigenvalue weighted by Gasteiger charge is -2.32. The van der Waals surface area contributed by atoms with Gasteiger partial charge < -0.3 is 4.90 Å². The van der Waals surface area contributed by atoms with Crippen molar-refractivity contribution in [2.45, 2.75) is 31.7 Å². The first-order chi connectivity index (χ1) is 12.7. The highest BCUT2D eigenvalue weighted by Gasteiger charge is 2.20. The van der Waals surface area contributed by atoms with Crippen LogP contribution in [-0.4, -0.2) is 38.7 Å². The number of halogens is 1. The molecular weight excluding hydrogens is 331 g/mol. The first-order valence-electron chi connectivity index (χ1n) is 9.23. The van der Waals surface area contributed by atoms with E-state index in [2.05, 4.69) is 10.00 Å². The van der Waals surface area contributed by atoms with Crippen molar-refractivity contribution >= 4 is 5.65 Å². The van der Waals surface area contributed by atoms with E-state index in [9.17, 15) is 9.18 Å². The molecule has 0 radical (unpaired) electrons. The van der Waals surface area contributed by atoms with Crippen molar-refractivity contribution in [3.05, 3.63) is 70.5 Å². The Balaban J connectivity index is 1.28. The van der Waals surface area contributed by atoms with E-state index >= 15 is 0 Å². The Bertz CT molecular complexity index is 923. The van der Waals surface area contributed by atoms with Gasteiger partial charge in [-0.3, -0.25) is 4.40 Å². The summed E-state index contributed by atoms with van der Waals surface area (Å²) in [4.78, 5) is 14.7. The molecule has 0 bridgehead atoms. The van der Waals surface area contributed by atoms with Gasteiger partial charge in [-0.05, 0) is 74.6 Å². The Hall–Kier alpha value is -2.47. The first-order valence-corrected chi connectivity index (χ1v) is 9.23. The van der Waals surface area contributed by atoms with Gasteiger partial charge in [0.1, 0.15) is 5.82 Å². The van der Waals surface area contributed by atoms with Crippen LogP contribution in [0.25, 0.3) is 5.65 Å². The van der Waals surface area contributed by atoms with Crippen LogP contribution in [0.5, 0.6) is 0 Å². The molecule has 0 atom stereocenters. The van der Waals surface area contributed by atoms with Crippen LogP contribution in [0, 0.1) is 5.82 Å². The molecule has 0 N–H and O–H groups in total. The lowest BCUT2D eigenvalue weighted by molar-refractivity contribution is 0.206. The minimum absolute atomic E-state index is 0.0735. The Morgan fingerprint density at radius 3 is 2.54 bits per heavy atom. The molecule has 26 heavy (non-hydrogen) atoms. The van der Waals surface area contributed by atoms with Gasteiger partial charge in [0, 0.05) is 12.7 Å². The van der Waals surface area contributed by atoms with Crippen LogP contribution in [0.3, 0.4) is 0 Å². The van der Waals surface area contributed by atoms with E-state index < -0.39 is 0 Å². The Labute approximate surface area is 151 Å². The summed E-state index contributed by atoms with van der Waals surface area (Å²) in [5, 5.41) is 4.37. The maximum absolute atomic E-state index is 13.1. The van der Waals surface area contributed by atoms with Crippen LogP contribution in [0.15, 0.2) is 53.5 Å². The molecule has 1 saturated heterocycles. The Morgan fingerprint density at radius 2 is 1.81 bits per heavy atom. The average molecular weight is 354 g/mol. The third-order valence-corrected chi connectivity index (χ3v) is 5.26. The second kappa shape index (κ2) is 7.41. The molecule has 3 aromatic rings. The van der Waals surface area contributed by atoms with Crippen molar-refractivity contribution in [2.75, 3.05) is 19.6 Å². The highest BCUT2D eigenvalue weighted by atomic mass is 19.1. The maximum Gasteiger partial charge on any atom is 0.350 e. The van der Waals surface area contributed by atoms with Crippen LogP contribution >= 0.6 is 0 Å². The summed E-state index contributed by atoms with van der Waals surface area (Å²) >= 11 is 0. The number of likely N-dealkylation sites (tertiary alicyclic amines) is 1. The molecule has 0 amide bonds. The summed E-state index contributed by atoms with van der Waals surface area (Å²) in [5.41, 5.74) is 1.86. The average Bonchev–Trinajstić information content (AvgIpc) is 2.99. The van der Waals surface area contributed by atoms with Gasteiger partial charge in [-0.15, -0.1) is 5.10 Å². The van der Waals surface area contributed by atoms with Crippen LogP contribution in [-0.2, 0) is 6.54 Å². The monoisotopic (exact) mass is 354 g/mol. The molecule has 5 nitrogen and oxygen atoms in total. The van der Waals surface area contributed by atoms with Crippen molar-refractivity contribution in [2.24, 2.45) is 0 Å². The zero-order valence-corrected chi connectivity index (χ0v) is 14.7. The lowest BCUT2D eigenvalue weighted by Crippen LogP contribution is -2.34. The van der Waals surface area contributed by atoms with Gasteiger partial charge in [-0.2, -0.15) is 0 Å². The molecule has 0 saturated carbocycles. The fraction of sp³-hybridized carbons (Fsp3) is 0.400. The number of benzene rings is 1. The van der Waals surface area contributed by atoms with Crippen molar-refractivity contribution in [3.63, 3.8) is 0 Å². The molecule has 0 spiro atoms. The molecule has 1 fully saturated rings. The maximum atomic E-state index is 13.1. The minimum atomic E-state index is -0.173. The van der Waals surface area contributed by atoms with E-state index in [1.165, 1.54) is 5.56 Å². The van der Waals surface area contributed by atoms with Crippen LogP contribution in [0.1, 0.15) is 30.7 Å². The second-order valence-corrected chi connectivity index (χ2v) is 6.96. The smallest absolute Gasteiger partial charge is 0.303 e. The van der Waals surface area contributed by atoms with E-state index in [0.717, 1.165) is 38.9 Å². The quantitative estimate of drug-likeness (QED) is 0.708. The molecule has 136 valence electrons. The highest BCUT2D eigenvalue weighted by molar-refractivity contribution is 5.35. The largest absolute Gasteiger partial charge is 0.350 e. The predicted octanol–water partition coefficient (Wildman–Crippen LogP) is 2.90. The van der Waals surface area contributed by atoms with Gasteiger partial charge in [-0.1, -0.05) is 18.2 Å². The third kappa shape index (κ3) is 3.55. The molecule has 3 heterocycles. The summed E-state index contributed by atoms with van der Waals surface area (Å²) < 4.78 is 16.2. The number of aryl methyl sites for hydroxylation is 1. The third-order valence-electron chi connectivity index (χ3n) is 5.26. The summed E-state index contributed by atoms with van der Waals surface area (Å²) in [6, 6.07) is 12.5. The second-order valence-electron chi connectivity index (χ2n) is 6.96. The highest BCUT2D eigenvalue weighted by Crippen LogP contribution is 2.28. The van der Waals surface area contributed by atoms with Crippen LogP contribution in [0.2, 0.25) is 0 Å². The number of pyridine rings is 1. The van der Waals surface area contributed by atoms with E-state index in [1.54, 1.807) is 27.4 Å². The van der Waals surface area contributed by atoms with Crippen molar-refractivity contribution in [3.8, 4) is 0 Å². The molecular formula is C20H23FN4O. The number of piperidine rings is 1. The van der Waals surface area contributed by atoms with Gasteiger partial charge in [0.05, 0.1) is 0 Å². The minimum Gasteiger partial charge on any atom is -0.303 e. The number of hydrogen-bond acceptors (Lipinski definition) is 3. The lowest BCUT2D eigenvalue weighted by atomic mass is 9.89. The van der Waals surface area contributed by atoms with Gasteiger partial charge in [0.15, 0.2) is 5.65 Å². The first kappa shape index (κ1) is 17.0. The van der Waals surface area contributed by atoms with Crippen molar-refractivity contribution < 1.29 is 4.39 Å². The summed E-state index contributed by atoms with van der Waals surface area (Å²) in [6.45, 7) is 3.69. The van der Waals surface area contributed by atoms with Crippen LogP contribution < -0.4 is 5.69 Å². The zero-order valence-electron chi connectivity index (χ0n) is 14.7. The standard InChI is InChI=1S/C20H23FN4O/c21-18-7-5-16(6-8-18)17-9-14-23(15-10-17)11-3-13-25-20(26)24-12-2-1-4-19(24)22-25/h1-2,4-8,12,17H,3,9-11,13-15H2. The fourth-order valence-electron chi connectivity index (χ4n) is 3.78. The van der Waals surface area contributed by atoms with Gasteiger partial charge >= 0.3 is 5.69 Å². The van der Waals surface area contributed by atoms with E-state index in [-0.39, 0.29) is 11.5 Å². The topological polar surface area (TPSA) is 42.5 Å². The molecule has 1 aliphatic rings. The zero-order chi connectivity index (χ0) is 17.9. The molecule has 6 heteroatoms. The fourth-order valence-corrected chi connectivity index (χ4v) is 3.78. The van der Waals surface area contributed by atoms with E-state index in [0.29, 0.717) is 18.1 Å². The summed E-state index contributed by atoms with van der Waals surface area (Å²) in [7, 11) is 0. The summed E-state index contributed by atoms with van der Waals surface area (Å²) in [5.74, 6) is 0.348. The SMILES string of the molecule is O=c1n(CCCN2CCC(c3ccc(F)cc3)CC2)nc2ccccn12. The molecule has 1 aromatic carbocycles. The number of aromatic nitrogens is 3. The van der Waals surface area contributed by atoms with Crippen LogP contribution in [0.4, 0.5) is 4.39 Å². The number of rotatable bonds is 5. The molecule has 1 aliphatic heterocycles. The summed E-state index contributed by atoms with van der Waals surface area (Å²) in [6.07, 6.45) is 4.85. The Morgan fingerprint density at radius 1 is 1.04 bits per heavy atom. The molecule has 0 unspecified atom stereocenters. The van der Waals surface area contributed by atoms with Crippen molar-refractivity contribution in [1.82, 2.24) is 19.1 Å². The molecule has 4 rings (SSSR count). The van der Waals surface area contributed by atoms with Gasteiger partial charge in [0.2, 0.25) is 0 Å². The number of hydrogen-bond donors (Lipinski definition) is 0. The van der Waals surface area contributed by atoms with Crippen molar-refractivity contribution in [1.29, 1.82) is 0 Å².